The lowest BCUT2D eigenvalue weighted by atomic mass is 10.2. The van der Waals surface area contributed by atoms with Crippen LogP contribution in [0.2, 0.25) is 0 Å². The van der Waals surface area contributed by atoms with Crippen molar-refractivity contribution in [1.29, 1.82) is 0 Å². The number of hydrogen-bond acceptors (Lipinski definition) is 6. The summed E-state index contributed by atoms with van der Waals surface area (Å²) in [6.07, 6.45) is 2.98. The zero-order valence-corrected chi connectivity index (χ0v) is 14.7. The smallest absolute Gasteiger partial charge is 0.316 e. The third-order valence-electron chi connectivity index (χ3n) is 4.21. The molecule has 1 fully saturated rings. The SMILES string of the molecule is CC(Sc1nnc(-c2ccc3c(c2)OCCCO3)n1C1CC1)C(=O)O. The van der Waals surface area contributed by atoms with Crippen molar-refractivity contribution in [3.63, 3.8) is 0 Å². The van der Waals surface area contributed by atoms with E-state index in [1.54, 1.807) is 6.92 Å². The summed E-state index contributed by atoms with van der Waals surface area (Å²) in [6.45, 7) is 2.94. The Morgan fingerprint density at radius 1 is 1.28 bits per heavy atom. The van der Waals surface area contributed by atoms with Crippen LogP contribution in [0.1, 0.15) is 32.2 Å². The van der Waals surface area contributed by atoms with Gasteiger partial charge in [-0.05, 0) is 38.0 Å². The van der Waals surface area contributed by atoms with Crippen LogP contribution in [0.25, 0.3) is 11.4 Å². The Labute approximate surface area is 149 Å². The highest BCUT2D eigenvalue weighted by Gasteiger charge is 2.31. The maximum Gasteiger partial charge on any atom is 0.316 e. The normalized spacial score (nSPS) is 17.8. The molecular formula is C17H19N3O4S. The van der Waals surface area contributed by atoms with E-state index in [-0.39, 0.29) is 0 Å². The number of carboxylic acid groups (broad SMARTS) is 1. The van der Waals surface area contributed by atoms with E-state index >= 15 is 0 Å². The average Bonchev–Trinajstić information content (AvgIpc) is 3.39. The molecule has 1 saturated carbocycles. The molecule has 1 aliphatic carbocycles. The van der Waals surface area contributed by atoms with Gasteiger partial charge in [-0.2, -0.15) is 0 Å². The zero-order chi connectivity index (χ0) is 17.4. The van der Waals surface area contributed by atoms with Gasteiger partial charge in [0, 0.05) is 18.0 Å². The molecule has 1 aliphatic heterocycles. The summed E-state index contributed by atoms with van der Waals surface area (Å²) in [5, 5.41) is 17.8. The van der Waals surface area contributed by atoms with Crippen LogP contribution in [0.5, 0.6) is 11.5 Å². The first-order valence-electron chi connectivity index (χ1n) is 8.38. The Morgan fingerprint density at radius 3 is 2.76 bits per heavy atom. The van der Waals surface area contributed by atoms with Crippen molar-refractivity contribution in [3.05, 3.63) is 18.2 Å². The number of benzene rings is 1. The second-order valence-corrected chi connectivity index (χ2v) is 7.53. The molecule has 1 atom stereocenters. The lowest BCUT2D eigenvalue weighted by Gasteiger charge is -2.12. The van der Waals surface area contributed by atoms with Crippen LogP contribution < -0.4 is 9.47 Å². The number of aliphatic carboxylic acids is 1. The van der Waals surface area contributed by atoms with Crippen LogP contribution in [0.4, 0.5) is 0 Å². The second kappa shape index (κ2) is 6.59. The third-order valence-corrected chi connectivity index (χ3v) is 5.26. The van der Waals surface area contributed by atoms with Gasteiger partial charge in [0.1, 0.15) is 5.25 Å². The van der Waals surface area contributed by atoms with E-state index in [1.165, 1.54) is 11.8 Å². The molecule has 0 radical (unpaired) electrons. The van der Waals surface area contributed by atoms with Gasteiger partial charge in [0.05, 0.1) is 13.2 Å². The summed E-state index contributed by atoms with van der Waals surface area (Å²) in [7, 11) is 0. The number of carboxylic acids is 1. The van der Waals surface area contributed by atoms with Crippen LogP contribution >= 0.6 is 11.8 Å². The quantitative estimate of drug-likeness (QED) is 0.819. The van der Waals surface area contributed by atoms with Crippen molar-refractivity contribution < 1.29 is 19.4 Å². The summed E-state index contributed by atoms with van der Waals surface area (Å²) in [4.78, 5) is 11.2. The molecule has 1 aromatic heterocycles. The van der Waals surface area contributed by atoms with Gasteiger partial charge in [0.2, 0.25) is 0 Å². The maximum atomic E-state index is 11.2. The highest BCUT2D eigenvalue weighted by molar-refractivity contribution is 8.00. The molecule has 0 bridgehead atoms. The first-order chi connectivity index (χ1) is 12.1. The molecule has 0 saturated heterocycles. The monoisotopic (exact) mass is 361 g/mol. The van der Waals surface area contributed by atoms with Gasteiger partial charge < -0.3 is 14.6 Å². The van der Waals surface area contributed by atoms with Crippen LogP contribution in [-0.2, 0) is 4.79 Å². The molecule has 2 aliphatic rings. The largest absolute Gasteiger partial charge is 0.490 e. The van der Waals surface area contributed by atoms with E-state index in [4.69, 9.17) is 14.6 Å². The summed E-state index contributed by atoms with van der Waals surface area (Å²) >= 11 is 1.23. The van der Waals surface area contributed by atoms with Crippen LogP contribution in [0, 0.1) is 0 Å². The fourth-order valence-corrected chi connectivity index (χ4v) is 3.58. The van der Waals surface area contributed by atoms with Gasteiger partial charge in [-0.25, -0.2) is 0 Å². The van der Waals surface area contributed by atoms with Crippen molar-refractivity contribution in [3.8, 4) is 22.9 Å². The Bertz CT molecular complexity index is 803. The standard InChI is InChI=1S/C17H19N3O4S/c1-10(16(21)22)25-17-19-18-15(20(17)12-4-5-12)11-3-6-13-14(9-11)24-8-2-7-23-13/h3,6,9-10,12H,2,4-5,7-8H2,1H3,(H,21,22). The molecule has 8 heteroatoms. The third kappa shape index (κ3) is 3.30. The summed E-state index contributed by atoms with van der Waals surface area (Å²) < 4.78 is 13.5. The van der Waals surface area contributed by atoms with Crippen LogP contribution in [0.3, 0.4) is 0 Å². The minimum Gasteiger partial charge on any atom is -0.490 e. The lowest BCUT2D eigenvalue weighted by Crippen LogP contribution is -2.13. The molecule has 2 aromatic rings. The van der Waals surface area contributed by atoms with Gasteiger partial charge in [0.15, 0.2) is 22.5 Å². The molecule has 1 unspecified atom stereocenters. The highest BCUT2D eigenvalue weighted by atomic mass is 32.2. The molecule has 0 amide bonds. The van der Waals surface area contributed by atoms with E-state index < -0.39 is 11.2 Å². The van der Waals surface area contributed by atoms with Crippen molar-refractivity contribution >= 4 is 17.7 Å². The number of fused-ring (bicyclic) bond motifs is 1. The van der Waals surface area contributed by atoms with E-state index in [2.05, 4.69) is 14.8 Å². The predicted octanol–water partition coefficient (Wildman–Crippen LogP) is 3.01. The zero-order valence-electron chi connectivity index (χ0n) is 13.8. The molecule has 2 heterocycles. The molecule has 1 N–H and O–H groups in total. The number of aromatic nitrogens is 3. The van der Waals surface area contributed by atoms with E-state index in [0.717, 1.165) is 36.4 Å². The molecule has 0 spiro atoms. The first-order valence-corrected chi connectivity index (χ1v) is 9.26. The van der Waals surface area contributed by atoms with Gasteiger partial charge in [-0.3, -0.25) is 9.36 Å². The van der Waals surface area contributed by atoms with Crippen molar-refractivity contribution in [2.45, 2.75) is 42.6 Å². The van der Waals surface area contributed by atoms with Crippen molar-refractivity contribution in [1.82, 2.24) is 14.8 Å². The van der Waals surface area contributed by atoms with Gasteiger partial charge in [-0.15, -0.1) is 10.2 Å². The summed E-state index contributed by atoms with van der Waals surface area (Å²) in [6, 6.07) is 6.11. The topological polar surface area (TPSA) is 86.5 Å². The first kappa shape index (κ1) is 16.3. The predicted molar refractivity (Wildman–Crippen MR) is 92.3 cm³/mol. The number of rotatable bonds is 5. The van der Waals surface area contributed by atoms with Gasteiger partial charge in [-0.1, -0.05) is 11.8 Å². The minimum absolute atomic E-state index is 0.337. The second-order valence-electron chi connectivity index (χ2n) is 6.22. The Balaban J connectivity index is 1.69. The number of ether oxygens (including phenoxy) is 2. The maximum absolute atomic E-state index is 11.2. The average molecular weight is 361 g/mol. The van der Waals surface area contributed by atoms with Crippen LogP contribution in [0.15, 0.2) is 23.4 Å². The molecule has 7 nitrogen and oxygen atoms in total. The van der Waals surface area contributed by atoms with E-state index in [1.807, 2.05) is 18.2 Å². The van der Waals surface area contributed by atoms with Crippen molar-refractivity contribution in [2.24, 2.45) is 0 Å². The number of hydrogen-bond donors (Lipinski definition) is 1. The summed E-state index contributed by atoms with van der Waals surface area (Å²) in [5.41, 5.74) is 0.901. The van der Waals surface area contributed by atoms with E-state index in [0.29, 0.717) is 30.2 Å². The van der Waals surface area contributed by atoms with Gasteiger partial charge in [0.25, 0.3) is 0 Å². The fourth-order valence-electron chi connectivity index (χ4n) is 2.73. The molecule has 1 aromatic carbocycles. The highest BCUT2D eigenvalue weighted by Crippen LogP contribution is 2.43. The fraction of sp³-hybridized carbons (Fsp3) is 0.471. The van der Waals surface area contributed by atoms with E-state index in [9.17, 15) is 4.79 Å². The Morgan fingerprint density at radius 2 is 2.04 bits per heavy atom. The lowest BCUT2D eigenvalue weighted by molar-refractivity contribution is -0.136. The summed E-state index contributed by atoms with van der Waals surface area (Å²) in [5.74, 6) is 1.35. The van der Waals surface area contributed by atoms with Crippen LogP contribution in [-0.4, -0.2) is 44.3 Å². The van der Waals surface area contributed by atoms with Crippen molar-refractivity contribution in [2.75, 3.05) is 13.2 Å². The molecule has 25 heavy (non-hydrogen) atoms. The van der Waals surface area contributed by atoms with Gasteiger partial charge >= 0.3 is 5.97 Å². The number of carbonyl (C=O) groups is 1. The molecule has 4 rings (SSSR count). The molecular weight excluding hydrogens is 342 g/mol. The number of nitrogens with zero attached hydrogens (tertiary/aromatic N) is 3. The molecule has 132 valence electrons. The minimum atomic E-state index is -0.854. The number of thioether (sulfide) groups is 1. The Hall–Kier alpha value is -2.22. The Kier molecular flexibility index (Phi) is 4.29.